The predicted octanol–water partition coefficient (Wildman–Crippen LogP) is 3.32. The number of hydrogen-bond acceptors (Lipinski definition) is 2. The third-order valence-electron chi connectivity index (χ3n) is 3.44. The Morgan fingerprint density at radius 2 is 2.35 bits per heavy atom. The highest BCUT2D eigenvalue weighted by molar-refractivity contribution is 9.10. The highest BCUT2D eigenvalue weighted by Gasteiger charge is 2.22. The quantitative estimate of drug-likeness (QED) is 0.868. The van der Waals surface area contributed by atoms with Crippen LogP contribution in [0.1, 0.15) is 25.3 Å². The first kappa shape index (κ1) is 12.8. The fourth-order valence-electron chi connectivity index (χ4n) is 2.30. The van der Waals surface area contributed by atoms with Gasteiger partial charge in [-0.05, 0) is 46.5 Å². The van der Waals surface area contributed by atoms with Crippen molar-refractivity contribution in [2.24, 2.45) is 11.7 Å². The lowest BCUT2D eigenvalue weighted by Gasteiger charge is -2.20. The molecule has 0 amide bonds. The number of nitrogens with two attached hydrogens (primary N) is 1. The predicted molar refractivity (Wildman–Crippen MR) is 80.6 cm³/mol. The Morgan fingerprint density at radius 3 is 2.88 bits per heavy atom. The van der Waals surface area contributed by atoms with Crippen molar-refractivity contribution in [1.82, 2.24) is 0 Å². The van der Waals surface area contributed by atoms with Gasteiger partial charge in [-0.3, -0.25) is 0 Å². The first-order valence-corrected chi connectivity index (χ1v) is 7.16. The van der Waals surface area contributed by atoms with Gasteiger partial charge in [0.2, 0.25) is 0 Å². The molecule has 1 aromatic rings. The van der Waals surface area contributed by atoms with Crippen molar-refractivity contribution in [3.8, 4) is 0 Å². The Balaban J connectivity index is 2.20. The van der Waals surface area contributed by atoms with E-state index in [1.165, 1.54) is 18.5 Å². The van der Waals surface area contributed by atoms with Gasteiger partial charge in [0, 0.05) is 23.1 Å². The molecule has 0 saturated carbocycles. The first-order valence-electron chi connectivity index (χ1n) is 5.96. The zero-order chi connectivity index (χ0) is 12.4. The zero-order valence-corrected chi connectivity index (χ0v) is 12.4. The Morgan fingerprint density at radius 1 is 1.59 bits per heavy atom. The van der Waals surface area contributed by atoms with Crippen LogP contribution in [0.3, 0.4) is 0 Å². The van der Waals surface area contributed by atoms with E-state index in [9.17, 15) is 0 Å². The minimum absolute atomic E-state index is 0.449. The number of benzene rings is 1. The summed E-state index contributed by atoms with van der Waals surface area (Å²) < 4.78 is 1.08. The molecule has 1 atom stereocenters. The number of anilines is 1. The van der Waals surface area contributed by atoms with Crippen LogP contribution in [0, 0.1) is 5.92 Å². The van der Waals surface area contributed by atoms with E-state index in [1.807, 2.05) is 12.1 Å². The molecular formula is C13H17BrN2S. The van der Waals surface area contributed by atoms with Crippen molar-refractivity contribution in [2.45, 2.75) is 19.8 Å². The third-order valence-corrected chi connectivity index (χ3v) is 4.31. The maximum absolute atomic E-state index is 5.63. The molecule has 4 heteroatoms. The molecule has 1 fully saturated rings. The van der Waals surface area contributed by atoms with Gasteiger partial charge in [-0.15, -0.1) is 0 Å². The van der Waals surface area contributed by atoms with Crippen molar-refractivity contribution >= 4 is 38.8 Å². The van der Waals surface area contributed by atoms with Crippen molar-refractivity contribution < 1.29 is 0 Å². The molecule has 92 valence electrons. The van der Waals surface area contributed by atoms with Crippen LogP contribution in [-0.2, 0) is 0 Å². The van der Waals surface area contributed by atoms with E-state index in [2.05, 4.69) is 33.8 Å². The summed E-state index contributed by atoms with van der Waals surface area (Å²) in [6.45, 7) is 4.56. The Labute approximate surface area is 116 Å². The SMILES string of the molecule is CCC1CCN(c2ccc(C(N)=S)cc2Br)C1. The van der Waals surface area contributed by atoms with Crippen LogP contribution in [0.4, 0.5) is 5.69 Å². The molecule has 0 spiro atoms. The lowest BCUT2D eigenvalue weighted by Crippen LogP contribution is -2.20. The third kappa shape index (κ3) is 2.80. The Kier molecular flexibility index (Phi) is 4.05. The number of rotatable bonds is 3. The van der Waals surface area contributed by atoms with Crippen LogP contribution < -0.4 is 10.6 Å². The van der Waals surface area contributed by atoms with Gasteiger partial charge >= 0.3 is 0 Å². The van der Waals surface area contributed by atoms with E-state index in [4.69, 9.17) is 18.0 Å². The second kappa shape index (κ2) is 5.36. The fourth-order valence-corrected chi connectivity index (χ4v) is 3.06. The summed E-state index contributed by atoms with van der Waals surface area (Å²) in [6.07, 6.45) is 2.55. The molecule has 1 heterocycles. The molecule has 2 nitrogen and oxygen atoms in total. The fraction of sp³-hybridized carbons (Fsp3) is 0.462. The Hall–Kier alpha value is -0.610. The summed E-state index contributed by atoms with van der Waals surface area (Å²) in [5.41, 5.74) is 7.80. The highest BCUT2D eigenvalue weighted by Crippen LogP contribution is 2.32. The maximum atomic E-state index is 5.63. The maximum Gasteiger partial charge on any atom is 0.104 e. The van der Waals surface area contributed by atoms with Gasteiger partial charge in [-0.2, -0.15) is 0 Å². The smallest absolute Gasteiger partial charge is 0.104 e. The minimum Gasteiger partial charge on any atom is -0.389 e. The normalized spacial score (nSPS) is 19.6. The molecule has 0 radical (unpaired) electrons. The van der Waals surface area contributed by atoms with Crippen molar-refractivity contribution in [3.63, 3.8) is 0 Å². The number of nitrogens with zero attached hydrogens (tertiary/aromatic N) is 1. The Bertz CT molecular complexity index is 433. The second-order valence-electron chi connectivity index (χ2n) is 4.54. The number of thiocarbonyl (C=S) groups is 1. The van der Waals surface area contributed by atoms with Crippen LogP contribution in [0.5, 0.6) is 0 Å². The van der Waals surface area contributed by atoms with Gasteiger partial charge in [0.1, 0.15) is 4.99 Å². The molecule has 1 aromatic carbocycles. The van der Waals surface area contributed by atoms with Gasteiger partial charge < -0.3 is 10.6 Å². The van der Waals surface area contributed by atoms with E-state index in [1.54, 1.807) is 0 Å². The van der Waals surface area contributed by atoms with Gasteiger partial charge in [-0.1, -0.05) is 25.6 Å². The van der Waals surface area contributed by atoms with Crippen LogP contribution in [0.2, 0.25) is 0 Å². The van der Waals surface area contributed by atoms with Gasteiger partial charge in [-0.25, -0.2) is 0 Å². The largest absolute Gasteiger partial charge is 0.389 e. The molecular weight excluding hydrogens is 296 g/mol. The molecule has 1 aliphatic rings. The van der Waals surface area contributed by atoms with E-state index in [0.717, 1.165) is 29.0 Å². The number of hydrogen-bond donors (Lipinski definition) is 1. The van der Waals surface area contributed by atoms with Crippen molar-refractivity contribution in [3.05, 3.63) is 28.2 Å². The average molecular weight is 313 g/mol. The first-order chi connectivity index (χ1) is 8.11. The molecule has 1 unspecified atom stereocenters. The summed E-state index contributed by atoms with van der Waals surface area (Å²) in [6, 6.07) is 6.12. The molecule has 2 rings (SSSR count). The summed E-state index contributed by atoms with van der Waals surface area (Å²) in [5.74, 6) is 0.831. The van der Waals surface area contributed by atoms with E-state index in [-0.39, 0.29) is 0 Å². The van der Waals surface area contributed by atoms with E-state index in [0.29, 0.717) is 4.99 Å². The average Bonchev–Trinajstić information content (AvgIpc) is 2.77. The zero-order valence-electron chi connectivity index (χ0n) is 9.95. The summed E-state index contributed by atoms with van der Waals surface area (Å²) in [5, 5.41) is 0. The monoisotopic (exact) mass is 312 g/mol. The summed E-state index contributed by atoms with van der Waals surface area (Å²) >= 11 is 8.59. The molecule has 0 bridgehead atoms. The topological polar surface area (TPSA) is 29.3 Å². The minimum atomic E-state index is 0.449. The van der Waals surface area contributed by atoms with Gasteiger partial charge in [0.25, 0.3) is 0 Å². The number of halogens is 1. The van der Waals surface area contributed by atoms with Crippen LogP contribution in [0.15, 0.2) is 22.7 Å². The highest BCUT2D eigenvalue weighted by atomic mass is 79.9. The second-order valence-corrected chi connectivity index (χ2v) is 5.83. The standard InChI is InChI=1S/C13H17BrN2S/c1-2-9-5-6-16(8-9)12-4-3-10(13(15)17)7-11(12)14/h3-4,7,9H,2,5-6,8H2,1H3,(H2,15,17). The molecule has 0 aliphatic carbocycles. The van der Waals surface area contributed by atoms with Crippen LogP contribution in [0.25, 0.3) is 0 Å². The van der Waals surface area contributed by atoms with Crippen molar-refractivity contribution in [1.29, 1.82) is 0 Å². The van der Waals surface area contributed by atoms with Crippen molar-refractivity contribution in [2.75, 3.05) is 18.0 Å². The molecule has 0 aromatic heterocycles. The van der Waals surface area contributed by atoms with Crippen LogP contribution in [-0.4, -0.2) is 18.1 Å². The molecule has 1 saturated heterocycles. The van der Waals surface area contributed by atoms with E-state index >= 15 is 0 Å². The summed E-state index contributed by atoms with van der Waals surface area (Å²) in [7, 11) is 0. The molecule has 2 N–H and O–H groups in total. The van der Waals surface area contributed by atoms with Gasteiger partial charge in [0.05, 0.1) is 5.69 Å². The van der Waals surface area contributed by atoms with E-state index < -0.39 is 0 Å². The molecule has 1 aliphatic heterocycles. The van der Waals surface area contributed by atoms with Gasteiger partial charge in [0.15, 0.2) is 0 Å². The summed E-state index contributed by atoms with van der Waals surface area (Å²) in [4.78, 5) is 2.88. The lowest BCUT2D eigenvalue weighted by atomic mass is 10.1. The van der Waals surface area contributed by atoms with Crippen LogP contribution >= 0.6 is 28.1 Å². The lowest BCUT2D eigenvalue weighted by molar-refractivity contribution is 0.569. The molecule has 17 heavy (non-hydrogen) atoms.